The fourth-order valence-corrected chi connectivity index (χ4v) is 5.36. The molecule has 0 unspecified atom stereocenters. The molecule has 11 heteroatoms. The zero-order valence-corrected chi connectivity index (χ0v) is 18.7. The van der Waals surface area contributed by atoms with Crippen LogP contribution in [0.3, 0.4) is 0 Å². The van der Waals surface area contributed by atoms with Crippen molar-refractivity contribution >= 4 is 26.0 Å². The number of benzene rings is 1. The molecule has 0 bridgehead atoms. The predicted octanol–water partition coefficient (Wildman–Crippen LogP) is 1.53. The fourth-order valence-electron chi connectivity index (χ4n) is 2.87. The number of hydrogen-bond acceptors (Lipinski definition) is 7. The number of nitrogens with zero attached hydrogens (tertiary/aromatic N) is 3. The summed E-state index contributed by atoms with van der Waals surface area (Å²) >= 11 is 0. The summed E-state index contributed by atoms with van der Waals surface area (Å²) in [6.45, 7) is 6.49. The van der Waals surface area contributed by atoms with Gasteiger partial charge in [0.15, 0.2) is 9.84 Å². The van der Waals surface area contributed by atoms with Crippen LogP contribution in [0.1, 0.15) is 26.3 Å². The van der Waals surface area contributed by atoms with Gasteiger partial charge in [0.2, 0.25) is 10.0 Å². The first-order valence-corrected chi connectivity index (χ1v) is 12.2. The molecule has 1 aromatic carbocycles. The Morgan fingerprint density at radius 3 is 2.34 bits per heavy atom. The predicted molar refractivity (Wildman–Crippen MR) is 105 cm³/mol. The van der Waals surface area contributed by atoms with E-state index in [0.29, 0.717) is 5.56 Å². The summed E-state index contributed by atoms with van der Waals surface area (Å²) in [6, 6.07) is 4.66. The number of ether oxygens (including phenoxy) is 1. The van der Waals surface area contributed by atoms with E-state index in [1.54, 1.807) is 27.7 Å². The van der Waals surface area contributed by atoms with Crippen molar-refractivity contribution in [3.05, 3.63) is 23.8 Å². The Morgan fingerprint density at radius 2 is 1.83 bits per heavy atom. The van der Waals surface area contributed by atoms with Gasteiger partial charge in [-0.05, 0) is 45.4 Å². The number of carbonyl (C=O) groups excluding carboxylic acids is 1. The van der Waals surface area contributed by atoms with Gasteiger partial charge >= 0.3 is 6.09 Å². The summed E-state index contributed by atoms with van der Waals surface area (Å²) in [6.07, 6.45) is 0.371. The number of rotatable bonds is 3. The van der Waals surface area contributed by atoms with E-state index in [1.807, 2.05) is 6.07 Å². The minimum absolute atomic E-state index is 0.0527. The second-order valence-electron chi connectivity index (χ2n) is 7.89. The molecule has 0 saturated carbocycles. The summed E-state index contributed by atoms with van der Waals surface area (Å²) in [4.78, 5) is 13.3. The van der Waals surface area contributed by atoms with E-state index in [2.05, 4.69) is 0 Å². The molecule has 2 rings (SSSR count). The summed E-state index contributed by atoms with van der Waals surface area (Å²) in [5.41, 5.74) is -0.352. The van der Waals surface area contributed by atoms with Crippen molar-refractivity contribution in [1.82, 2.24) is 9.21 Å². The van der Waals surface area contributed by atoms with Gasteiger partial charge in [0.1, 0.15) is 11.6 Å². The van der Waals surface area contributed by atoms with Gasteiger partial charge in [0.05, 0.1) is 22.4 Å². The fraction of sp³-hybridized carbons (Fsp3) is 0.556. The Kier molecular flexibility index (Phi) is 6.32. The summed E-state index contributed by atoms with van der Waals surface area (Å²) in [5, 5.41) is 9.53. The molecule has 0 aliphatic carbocycles. The third-order valence-corrected chi connectivity index (χ3v) is 7.47. The number of sulfonamides is 1. The number of nitriles is 1. The number of aryl methyl sites for hydroxylation is 1. The quantitative estimate of drug-likeness (QED) is 0.693. The molecule has 0 N–H and O–H groups in total. The first-order valence-electron chi connectivity index (χ1n) is 8.87. The van der Waals surface area contributed by atoms with Crippen LogP contribution < -0.4 is 0 Å². The average molecular weight is 444 g/mol. The number of amides is 1. The lowest BCUT2D eigenvalue weighted by Gasteiger charge is -2.38. The van der Waals surface area contributed by atoms with Gasteiger partial charge in [-0.1, -0.05) is 6.07 Å². The van der Waals surface area contributed by atoms with Crippen molar-refractivity contribution in [2.45, 2.75) is 49.1 Å². The molecule has 160 valence electrons. The van der Waals surface area contributed by atoms with Gasteiger partial charge in [-0.25, -0.2) is 21.6 Å². The summed E-state index contributed by atoms with van der Waals surface area (Å²) in [5.74, 6) is 0. The van der Waals surface area contributed by atoms with Crippen molar-refractivity contribution in [3.63, 3.8) is 0 Å². The summed E-state index contributed by atoms with van der Waals surface area (Å²) < 4.78 is 56.4. The van der Waals surface area contributed by atoms with E-state index >= 15 is 0 Å². The second-order valence-corrected chi connectivity index (χ2v) is 11.8. The zero-order valence-electron chi connectivity index (χ0n) is 17.0. The Labute approximate surface area is 171 Å². The van der Waals surface area contributed by atoms with Crippen LogP contribution >= 0.6 is 0 Å². The molecule has 0 aromatic heterocycles. The molecule has 29 heavy (non-hydrogen) atoms. The van der Waals surface area contributed by atoms with Crippen molar-refractivity contribution in [2.75, 3.05) is 25.9 Å². The lowest BCUT2D eigenvalue weighted by atomic mass is 10.2. The first kappa shape index (κ1) is 23.1. The number of hydrogen-bond donors (Lipinski definition) is 0. The van der Waals surface area contributed by atoms with E-state index in [9.17, 15) is 26.9 Å². The van der Waals surface area contributed by atoms with Gasteiger partial charge in [-0.3, -0.25) is 0 Å². The molecule has 1 aliphatic heterocycles. The molecule has 0 radical (unpaired) electrons. The van der Waals surface area contributed by atoms with Gasteiger partial charge in [-0.15, -0.1) is 0 Å². The third-order valence-electron chi connectivity index (χ3n) is 4.31. The van der Waals surface area contributed by atoms with Crippen LogP contribution in [-0.4, -0.2) is 69.7 Å². The lowest BCUT2D eigenvalue weighted by molar-refractivity contribution is 0.0162. The number of piperazine rings is 1. The van der Waals surface area contributed by atoms with Crippen LogP contribution in [-0.2, 0) is 24.6 Å². The van der Waals surface area contributed by atoms with Crippen LogP contribution in [0.25, 0.3) is 0 Å². The van der Waals surface area contributed by atoms with Crippen LogP contribution in [0, 0.1) is 18.3 Å². The van der Waals surface area contributed by atoms with Crippen LogP contribution in [0.2, 0.25) is 0 Å². The highest BCUT2D eigenvalue weighted by Gasteiger charge is 2.39. The molecule has 0 spiro atoms. The molecule has 9 nitrogen and oxygen atoms in total. The Bertz CT molecular complexity index is 1050. The van der Waals surface area contributed by atoms with Gasteiger partial charge in [0.25, 0.3) is 0 Å². The third kappa shape index (κ3) is 5.26. The van der Waals surface area contributed by atoms with Crippen molar-refractivity contribution < 1.29 is 26.4 Å². The van der Waals surface area contributed by atoms with Crippen molar-refractivity contribution in [2.24, 2.45) is 0 Å². The average Bonchev–Trinajstić information content (AvgIpc) is 2.58. The maximum absolute atomic E-state index is 13.2. The molecule has 1 heterocycles. The molecular weight excluding hydrogens is 418 g/mol. The number of carbonyl (C=O) groups is 1. The molecular formula is C18H25N3O6S2. The van der Waals surface area contributed by atoms with E-state index in [1.165, 1.54) is 17.0 Å². The highest BCUT2D eigenvalue weighted by atomic mass is 32.2. The molecule has 1 saturated heterocycles. The largest absolute Gasteiger partial charge is 0.444 e. The van der Waals surface area contributed by atoms with Gasteiger partial charge < -0.3 is 9.64 Å². The molecule has 1 aromatic rings. The zero-order chi connectivity index (χ0) is 22.2. The smallest absolute Gasteiger partial charge is 0.410 e. The maximum Gasteiger partial charge on any atom is 0.410 e. The molecule has 1 atom stereocenters. The van der Waals surface area contributed by atoms with E-state index < -0.39 is 37.6 Å². The minimum Gasteiger partial charge on any atom is -0.444 e. The van der Waals surface area contributed by atoms with Crippen LogP contribution in [0.15, 0.2) is 28.0 Å². The van der Waals surface area contributed by atoms with Gasteiger partial charge in [0, 0.05) is 19.3 Å². The first-order chi connectivity index (χ1) is 13.2. The number of sulfone groups is 1. The maximum atomic E-state index is 13.2. The highest BCUT2D eigenvalue weighted by Crippen LogP contribution is 2.27. The van der Waals surface area contributed by atoms with E-state index in [-0.39, 0.29) is 29.4 Å². The normalized spacial score (nSPS) is 18.9. The Hall–Kier alpha value is -2.16. The van der Waals surface area contributed by atoms with Crippen LogP contribution in [0.4, 0.5) is 4.79 Å². The van der Waals surface area contributed by atoms with Crippen molar-refractivity contribution in [1.29, 1.82) is 5.26 Å². The topological polar surface area (TPSA) is 125 Å². The summed E-state index contributed by atoms with van der Waals surface area (Å²) in [7, 11) is -7.76. The monoisotopic (exact) mass is 443 g/mol. The van der Waals surface area contributed by atoms with E-state index in [0.717, 1.165) is 16.6 Å². The Morgan fingerprint density at radius 1 is 1.21 bits per heavy atom. The molecule has 1 aliphatic rings. The minimum atomic E-state index is -4.15. The van der Waals surface area contributed by atoms with Gasteiger partial charge in [-0.2, -0.15) is 9.57 Å². The second kappa shape index (κ2) is 7.93. The standard InChI is InChI=1S/C18H25N3O6S2/c1-13-6-7-15(28(5,23)24)10-16(13)29(25,26)21-9-8-20(12-14(21)11-19)17(22)27-18(2,3)4/h6-7,10,14H,8-9,12H2,1-5H3/t14-/m1/s1. The highest BCUT2D eigenvalue weighted by molar-refractivity contribution is 7.91. The van der Waals surface area contributed by atoms with E-state index in [4.69, 9.17) is 4.74 Å². The van der Waals surface area contributed by atoms with Crippen molar-refractivity contribution in [3.8, 4) is 6.07 Å². The molecule has 1 amide bonds. The molecule has 1 fully saturated rings. The Balaban J connectivity index is 2.35. The van der Waals surface area contributed by atoms with Crippen LogP contribution in [0.5, 0.6) is 0 Å². The SMILES string of the molecule is Cc1ccc(S(C)(=O)=O)cc1S(=O)(=O)N1CCN(C(=O)OC(C)(C)C)C[C@H]1C#N. The lowest BCUT2D eigenvalue weighted by Crippen LogP contribution is -2.56.